The molecule has 0 unspecified atom stereocenters. The Hall–Kier alpha value is -1.04. The molecule has 0 aromatic rings. The normalized spacial score (nSPS) is 13.6. The van der Waals surface area contributed by atoms with E-state index in [0.717, 1.165) is 19.3 Å². The van der Waals surface area contributed by atoms with Crippen molar-refractivity contribution in [2.75, 3.05) is 0 Å². The summed E-state index contributed by atoms with van der Waals surface area (Å²) < 4.78 is 0. The van der Waals surface area contributed by atoms with E-state index in [2.05, 4.69) is 52.8 Å². The Labute approximate surface area is 127 Å². The molecule has 0 atom stereocenters. The van der Waals surface area contributed by atoms with Gasteiger partial charge in [-0.05, 0) is 80.1 Å². The molecule has 20 heavy (non-hydrogen) atoms. The van der Waals surface area contributed by atoms with Crippen LogP contribution in [0.5, 0.6) is 0 Å². The fourth-order valence-electron chi connectivity index (χ4n) is 1.97. The van der Waals surface area contributed by atoms with E-state index in [0.29, 0.717) is 0 Å². The zero-order valence-corrected chi connectivity index (χ0v) is 14.1. The van der Waals surface area contributed by atoms with Crippen LogP contribution in [-0.2, 0) is 0 Å². The van der Waals surface area contributed by atoms with Gasteiger partial charge in [-0.2, -0.15) is 0 Å². The minimum Gasteiger partial charge on any atom is -0.0856 e. The lowest BCUT2D eigenvalue weighted by atomic mass is 10.0. The quantitative estimate of drug-likeness (QED) is 0.403. The minimum atomic E-state index is 1.07. The molecule has 0 aromatic carbocycles. The third-order valence-electron chi connectivity index (χ3n) is 3.44. The zero-order valence-electron chi connectivity index (χ0n) is 14.1. The van der Waals surface area contributed by atoms with Gasteiger partial charge in [-0.3, -0.25) is 0 Å². The molecule has 0 N–H and O–H groups in total. The summed E-state index contributed by atoms with van der Waals surface area (Å²) >= 11 is 0. The van der Waals surface area contributed by atoms with Crippen molar-refractivity contribution >= 4 is 0 Å². The van der Waals surface area contributed by atoms with Gasteiger partial charge in [0.25, 0.3) is 0 Å². The highest BCUT2D eigenvalue weighted by Gasteiger charge is 1.92. The first-order chi connectivity index (χ1) is 9.45. The Morgan fingerprint density at radius 1 is 0.650 bits per heavy atom. The largest absolute Gasteiger partial charge is 0.0856 e. The molecule has 0 spiro atoms. The highest BCUT2D eigenvalue weighted by Crippen LogP contribution is 2.13. The summed E-state index contributed by atoms with van der Waals surface area (Å²) in [6.45, 7) is 16.3. The summed E-state index contributed by atoms with van der Waals surface area (Å²) in [6, 6.07) is 0. The average Bonchev–Trinajstić information content (AvgIpc) is 2.38. The molecule has 0 saturated carbocycles. The minimum absolute atomic E-state index is 1.07. The van der Waals surface area contributed by atoms with E-state index in [1.165, 1.54) is 41.6 Å². The van der Waals surface area contributed by atoms with Crippen molar-refractivity contribution in [3.05, 3.63) is 53.5 Å². The topological polar surface area (TPSA) is 0 Å². The van der Waals surface area contributed by atoms with Crippen LogP contribution in [0.2, 0.25) is 0 Å². The third kappa shape index (κ3) is 12.0. The third-order valence-corrected chi connectivity index (χ3v) is 3.44. The maximum absolute atomic E-state index is 5.47. The van der Waals surface area contributed by atoms with Crippen molar-refractivity contribution in [1.29, 1.82) is 0 Å². The van der Waals surface area contributed by atoms with Crippen LogP contribution in [0.1, 0.15) is 73.1 Å². The Kier molecular flexibility index (Phi) is 11.1. The molecular weight excluding hydrogens is 240 g/mol. The SMILES string of the molecule is [CH]/C=C(\C)CC/C=C(\C)CC/C=C(\C)CCC=C(C)C. The van der Waals surface area contributed by atoms with Gasteiger partial charge in [0.15, 0.2) is 0 Å². The van der Waals surface area contributed by atoms with Gasteiger partial charge in [0.2, 0.25) is 0 Å². The summed E-state index contributed by atoms with van der Waals surface area (Å²) in [5, 5.41) is 0. The highest BCUT2D eigenvalue weighted by molar-refractivity contribution is 5.07. The summed E-state index contributed by atoms with van der Waals surface area (Å²) in [7, 11) is 0. The molecule has 0 fully saturated rings. The molecule has 0 aliphatic rings. The van der Waals surface area contributed by atoms with Gasteiger partial charge in [-0.15, -0.1) is 0 Å². The van der Waals surface area contributed by atoms with Crippen molar-refractivity contribution in [2.45, 2.75) is 73.1 Å². The van der Waals surface area contributed by atoms with Crippen LogP contribution in [0.15, 0.2) is 46.6 Å². The fraction of sp³-hybridized carbons (Fsp3) is 0.550. The van der Waals surface area contributed by atoms with Gasteiger partial charge in [-0.25, -0.2) is 0 Å². The van der Waals surface area contributed by atoms with Crippen LogP contribution in [0.4, 0.5) is 0 Å². The molecule has 0 saturated heterocycles. The lowest BCUT2D eigenvalue weighted by Crippen LogP contribution is -1.82. The Morgan fingerprint density at radius 3 is 1.45 bits per heavy atom. The van der Waals surface area contributed by atoms with Gasteiger partial charge in [-0.1, -0.05) is 46.6 Å². The zero-order chi connectivity index (χ0) is 15.4. The first kappa shape index (κ1) is 19.0. The van der Waals surface area contributed by atoms with E-state index in [9.17, 15) is 0 Å². The van der Waals surface area contributed by atoms with E-state index < -0.39 is 0 Å². The summed E-state index contributed by atoms with van der Waals surface area (Å²) in [5.74, 6) is 0. The van der Waals surface area contributed by atoms with Crippen molar-refractivity contribution in [3.8, 4) is 0 Å². The van der Waals surface area contributed by atoms with E-state index >= 15 is 0 Å². The molecule has 0 aromatic heterocycles. The monoisotopic (exact) mass is 272 g/mol. The van der Waals surface area contributed by atoms with Crippen LogP contribution in [0, 0.1) is 6.92 Å². The maximum Gasteiger partial charge on any atom is -0.00930 e. The molecule has 0 rings (SSSR count). The molecule has 0 bridgehead atoms. The van der Waals surface area contributed by atoms with Crippen LogP contribution in [0.3, 0.4) is 0 Å². The predicted octanol–water partition coefficient (Wildman–Crippen LogP) is 6.84. The average molecular weight is 272 g/mol. The second kappa shape index (κ2) is 11.8. The first-order valence-corrected chi connectivity index (χ1v) is 7.77. The summed E-state index contributed by atoms with van der Waals surface area (Å²) in [6.07, 6.45) is 15.6. The van der Waals surface area contributed by atoms with Gasteiger partial charge >= 0.3 is 0 Å². The van der Waals surface area contributed by atoms with Crippen LogP contribution >= 0.6 is 0 Å². The number of hydrogen-bond donors (Lipinski definition) is 0. The molecule has 0 aliphatic carbocycles. The van der Waals surface area contributed by atoms with Crippen molar-refractivity contribution in [1.82, 2.24) is 0 Å². The summed E-state index contributed by atoms with van der Waals surface area (Å²) in [4.78, 5) is 0. The van der Waals surface area contributed by atoms with Crippen molar-refractivity contribution in [3.63, 3.8) is 0 Å². The molecule has 0 aliphatic heterocycles. The molecule has 112 valence electrons. The molecule has 0 amide bonds. The van der Waals surface area contributed by atoms with Gasteiger partial charge in [0.05, 0.1) is 0 Å². The number of allylic oxidation sites excluding steroid dienone is 8. The first-order valence-electron chi connectivity index (χ1n) is 7.77. The van der Waals surface area contributed by atoms with Crippen LogP contribution < -0.4 is 0 Å². The van der Waals surface area contributed by atoms with Crippen LogP contribution in [0.25, 0.3) is 0 Å². The molecule has 0 heteroatoms. The maximum atomic E-state index is 5.47. The van der Waals surface area contributed by atoms with Crippen LogP contribution in [-0.4, -0.2) is 0 Å². The van der Waals surface area contributed by atoms with E-state index in [4.69, 9.17) is 6.92 Å². The van der Waals surface area contributed by atoms with Crippen molar-refractivity contribution < 1.29 is 0 Å². The van der Waals surface area contributed by atoms with Gasteiger partial charge in [0.1, 0.15) is 0 Å². The Morgan fingerprint density at radius 2 is 1.05 bits per heavy atom. The van der Waals surface area contributed by atoms with E-state index in [1.54, 1.807) is 6.08 Å². The smallest absolute Gasteiger partial charge is 0.00930 e. The Balaban J connectivity index is 3.91. The summed E-state index contributed by atoms with van der Waals surface area (Å²) in [5.41, 5.74) is 5.68. The van der Waals surface area contributed by atoms with Crippen molar-refractivity contribution in [2.24, 2.45) is 0 Å². The molecular formula is C20H32. The second-order valence-corrected chi connectivity index (χ2v) is 6.01. The predicted molar refractivity (Wildman–Crippen MR) is 92.7 cm³/mol. The lowest BCUT2D eigenvalue weighted by Gasteiger charge is -2.02. The molecule has 0 nitrogen and oxygen atoms in total. The molecule has 0 heterocycles. The van der Waals surface area contributed by atoms with Gasteiger partial charge in [0, 0.05) is 0 Å². The Bertz CT molecular complexity index is 371. The standard InChI is InChI=1S/C20H32/c1-7-18(4)12-9-14-20(6)16-10-15-19(5)13-8-11-17(2)3/h1,7,11,14-15H,8-10,12-13,16H2,2-6H3/b18-7+,19-15+,20-14+. The number of hydrogen-bond acceptors (Lipinski definition) is 0. The van der Waals surface area contributed by atoms with E-state index in [-0.39, 0.29) is 0 Å². The lowest BCUT2D eigenvalue weighted by molar-refractivity contribution is 0.900. The number of rotatable bonds is 9. The van der Waals surface area contributed by atoms with Gasteiger partial charge < -0.3 is 0 Å². The highest BCUT2D eigenvalue weighted by atomic mass is 14.0. The van der Waals surface area contributed by atoms with E-state index in [1.807, 2.05) is 0 Å². The fourth-order valence-corrected chi connectivity index (χ4v) is 1.97. The second-order valence-electron chi connectivity index (χ2n) is 6.01. The molecule has 2 radical (unpaired) electrons.